The first-order valence-electron chi connectivity index (χ1n) is 5.74. The fourth-order valence-electron chi connectivity index (χ4n) is 1.97. The van der Waals surface area contributed by atoms with E-state index in [0.29, 0.717) is 4.47 Å². The van der Waals surface area contributed by atoms with E-state index in [1.807, 2.05) is 6.07 Å². The Kier molecular flexibility index (Phi) is 4.79. The normalized spacial score (nSPS) is 17.4. The molecule has 0 spiro atoms. The Morgan fingerprint density at radius 2 is 2.06 bits per heavy atom. The van der Waals surface area contributed by atoms with Gasteiger partial charge in [-0.3, -0.25) is 0 Å². The minimum atomic E-state index is -0.357. The Morgan fingerprint density at radius 1 is 1.35 bits per heavy atom. The third kappa shape index (κ3) is 3.41. The van der Waals surface area contributed by atoms with E-state index >= 15 is 0 Å². The molecule has 1 heterocycles. The minimum absolute atomic E-state index is 0.245. The van der Waals surface area contributed by atoms with Gasteiger partial charge in [-0.25, -0.2) is 4.39 Å². The summed E-state index contributed by atoms with van der Waals surface area (Å²) < 4.78 is 14.0. The van der Waals surface area contributed by atoms with Gasteiger partial charge in [-0.05, 0) is 34.0 Å². The van der Waals surface area contributed by atoms with Crippen LogP contribution in [0.1, 0.15) is 5.56 Å². The largest absolute Gasteiger partial charge is 0.314 e. The summed E-state index contributed by atoms with van der Waals surface area (Å²) in [4.78, 5) is 2.37. The molecule has 0 atom stereocenters. The lowest BCUT2D eigenvalue weighted by Gasteiger charge is -2.27. The lowest BCUT2D eigenvalue weighted by atomic mass is 10.1. The number of nitrogens with zero attached hydrogens (tertiary/aromatic N) is 1. The van der Waals surface area contributed by atoms with Crippen LogP contribution in [0, 0.1) is 5.82 Å². The van der Waals surface area contributed by atoms with Gasteiger partial charge < -0.3 is 10.2 Å². The van der Waals surface area contributed by atoms with E-state index in [0.717, 1.165) is 44.7 Å². The molecule has 1 aromatic rings. The molecule has 0 amide bonds. The van der Waals surface area contributed by atoms with Gasteiger partial charge >= 0.3 is 0 Å². The predicted molar refractivity (Wildman–Crippen MR) is 72.1 cm³/mol. The van der Waals surface area contributed by atoms with Crippen LogP contribution >= 0.6 is 27.5 Å². The summed E-state index contributed by atoms with van der Waals surface area (Å²) in [6, 6.07) is 3.60. The number of halogens is 3. The Balaban J connectivity index is 1.96. The van der Waals surface area contributed by atoms with Crippen molar-refractivity contribution >= 4 is 27.5 Å². The van der Waals surface area contributed by atoms with Crippen LogP contribution in [-0.4, -0.2) is 37.6 Å². The molecule has 1 aliphatic heterocycles. The van der Waals surface area contributed by atoms with Gasteiger partial charge in [0.25, 0.3) is 0 Å². The highest BCUT2D eigenvalue weighted by atomic mass is 79.9. The van der Waals surface area contributed by atoms with Gasteiger partial charge in [0.15, 0.2) is 5.82 Å². The number of piperazine rings is 1. The second-order valence-electron chi connectivity index (χ2n) is 4.18. The molecule has 94 valence electrons. The zero-order chi connectivity index (χ0) is 12.3. The summed E-state index contributed by atoms with van der Waals surface area (Å²) >= 11 is 9.11. The SMILES string of the molecule is Fc1c(Br)ccc(CCN2CCNCC2)c1Cl. The monoisotopic (exact) mass is 320 g/mol. The average Bonchev–Trinajstić information content (AvgIpc) is 2.36. The molecule has 1 fully saturated rings. The Hall–Kier alpha value is -0.160. The lowest BCUT2D eigenvalue weighted by molar-refractivity contribution is 0.244. The molecule has 0 aliphatic carbocycles. The van der Waals surface area contributed by atoms with Gasteiger partial charge in [0.1, 0.15) is 0 Å². The predicted octanol–water partition coefficient (Wildman–Crippen LogP) is 2.69. The van der Waals surface area contributed by atoms with Gasteiger partial charge in [-0.2, -0.15) is 0 Å². The summed E-state index contributed by atoms with van der Waals surface area (Å²) in [6.07, 6.45) is 0.795. The van der Waals surface area contributed by atoms with Crippen LogP contribution in [0.25, 0.3) is 0 Å². The third-order valence-electron chi connectivity index (χ3n) is 3.02. The maximum Gasteiger partial charge on any atom is 0.156 e. The summed E-state index contributed by atoms with van der Waals surface area (Å²) in [7, 11) is 0. The molecule has 17 heavy (non-hydrogen) atoms. The first kappa shape index (κ1) is 13.3. The van der Waals surface area contributed by atoms with Crippen LogP contribution in [0.3, 0.4) is 0 Å². The fraction of sp³-hybridized carbons (Fsp3) is 0.500. The van der Waals surface area contributed by atoms with Gasteiger partial charge in [-0.15, -0.1) is 0 Å². The standard InChI is InChI=1S/C12H15BrClFN2/c13-10-2-1-9(11(14)12(10)15)3-6-17-7-4-16-5-8-17/h1-2,16H,3-8H2. The molecule has 0 aromatic heterocycles. The van der Waals surface area contributed by atoms with Crippen molar-refractivity contribution in [2.75, 3.05) is 32.7 Å². The van der Waals surface area contributed by atoms with Crippen molar-refractivity contribution < 1.29 is 4.39 Å². The molecule has 1 aliphatic rings. The number of rotatable bonds is 3. The van der Waals surface area contributed by atoms with Crippen molar-refractivity contribution in [3.8, 4) is 0 Å². The van der Waals surface area contributed by atoms with Crippen LogP contribution in [0.15, 0.2) is 16.6 Å². The van der Waals surface area contributed by atoms with Crippen molar-refractivity contribution in [2.45, 2.75) is 6.42 Å². The van der Waals surface area contributed by atoms with E-state index in [4.69, 9.17) is 11.6 Å². The molecular formula is C12H15BrClFN2. The highest BCUT2D eigenvalue weighted by Gasteiger charge is 2.13. The van der Waals surface area contributed by atoms with Crippen LogP contribution in [0.5, 0.6) is 0 Å². The maximum absolute atomic E-state index is 13.6. The van der Waals surface area contributed by atoms with Crippen molar-refractivity contribution in [3.05, 3.63) is 33.0 Å². The Labute approximate surface area is 114 Å². The van der Waals surface area contributed by atoms with Crippen LogP contribution < -0.4 is 5.32 Å². The second-order valence-corrected chi connectivity index (χ2v) is 5.41. The third-order valence-corrected chi connectivity index (χ3v) is 4.04. The molecule has 2 rings (SSSR count). The Morgan fingerprint density at radius 3 is 2.76 bits per heavy atom. The van der Waals surface area contributed by atoms with Crippen molar-refractivity contribution in [3.63, 3.8) is 0 Å². The summed E-state index contributed by atoms with van der Waals surface area (Å²) in [6.45, 7) is 5.10. The molecule has 1 saturated heterocycles. The van der Waals surface area contributed by atoms with E-state index in [1.54, 1.807) is 6.07 Å². The van der Waals surface area contributed by atoms with E-state index in [2.05, 4.69) is 26.1 Å². The van der Waals surface area contributed by atoms with E-state index in [1.165, 1.54) is 0 Å². The highest BCUT2D eigenvalue weighted by molar-refractivity contribution is 9.10. The van der Waals surface area contributed by atoms with E-state index < -0.39 is 0 Å². The van der Waals surface area contributed by atoms with Crippen molar-refractivity contribution in [1.29, 1.82) is 0 Å². The molecule has 0 unspecified atom stereocenters. The van der Waals surface area contributed by atoms with Crippen molar-refractivity contribution in [1.82, 2.24) is 10.2 Å². The van der Waals surface area contributed by atoms with E-state index in [-0.39, 0.29) is 10.8 Å². The van der Waals surface area contributed by atoms with Crippen LogP contribution in [0.4, 0.5) is 4.39 Å². The first-order valence-corrected chi connectivity index (χ1v) is 6.91. The van der Waals surface area contributed by atoms with Gasteiger partial charge in [0.2, 0.25) is 0 Å². The lowest BCUT2D eigenvalue weighted by Crippen LogP contribution is -2.44. The summed E-state index contributed by atoms with van der Waals surface area (Å²) in [5.74, 6) is -0.357. The van der Waals surface area contributed by atoms with E-state index in [9.17, 15) is 4.39 Å². The molecule has 0 radical (unpaired) electrons. The zero-order valence-corrected chi connectivity index (χ0v) is 11.8. The molecular weight excluding hydrogens is 307 g/mol. The van der Waals surface area contributed by atoms with Crippen molar-refractivity contribution in [2.24, 2.45) is 0 Å². The van der Waals surface area contributed by atoms with Gasteiger partial charge in [0.05, 0.1) is 9.50 Å². The number of benzene rings is 1. The van der Waals surface area contributed by atoms with Crippen LogP contribution in [0.2, 0.25) is 5.02 Å². The number of nitrogens with one attached hydrogen (secondary N) is 1. The number of hydrogen-bond acceptors (Lipinski definition) is 2. The summed E-state index contributed by atoms with van der Waals surface area (Å²) in [5, 5.41) is 3.55. The van der Waals surface area contributed by atoms with Gasteiger partial charge in [-0.1, -0.05) is 17.7 Å². The molecule has 0 bridgehead atoms. The smallest absolute Gasteiger partial charge is 0.156 e. The molecule has 0 saturated carbocycles. The Bertz CT molecular complexity index is 394. The van der Waals surface area contributed by atoms with Gasteiger partial charge in [0, 0.05) is 32.7 Å². The average molecular weight is 322 g/mol. The minimum Gasteiger partial charge on any atom is -0.314 e. The maximum atomic E-state index is 13.6. The molecule has 1 N–H and O–H groups in total. The fourth-order valence-corrected chi connectivity index (χ4v) is 2.68. The molecule has 5 heteroatoms. The summed E-state index contributed by atoms with van der Waals surface area (Å²) in [5.41, 5.74) is 0.880. The zero-order valence-electron chi connectivity index (χ0n) is 9.48. The molecule has 1 aromatic carbocycles. The number of hydrogen-bond donors (Lipinski definition) is 1. The second kappa shape index (κ2) is 6.14. The highest BCUT2D eigenvalue weighted by Crippen LogP contribution is 2.27. The topological polar surface area (TPSA) is 15.3 Å². The first-order chi connectivity index (χ1) is 8.18. The quantitative estimate of drug-likeness (QED) is 0.861. The molecule has 2 nitrogen and oxygen atoms in total. The van der Waals surface area contributed by atoms with Crippen LogP contribution in [-0.2, 0) is 6.42 Å².